The molecule has 1 fully saturated rings. The average Bonchev–Trinajstić information content (AvgIpc) is 3.17. The minimum Gasteiger partial charge on any atom is -0.493 e. The zero-order valence-electron chi connectivity index (χ0n) is 15.1. The number of anilines is 1. The predicted octanol–water partition coefficient (Wildman–Crippen LogP) is 2.40. The Morgan fingerprint density at radius 1 is 1.32 bits per heavy atom. The minimum absolute atomic E-state index is 0.118. The summed E-state index contributed by atoms with van der Waals surface area (Å²) in [7, 11) is 1.31. The summed E-state index contributed by atoms with van der Waals surface area (Å²) in [6, 6.07) is 4.35. The fraction of sp³-hybridized carbons (Fsp3) is 0.471. The van der Waals surface area contributed by atoms with Crippen molar-refractivity contribution >= 4 is 11.6 Å². The molecule has 2 heterocycles. The van der Waals surface area contributed by atoms with Crippen LogP contribution in [0.5, 0.6) is 11.5 Å². The van der Waals surface area contributed by atoms with E-state index < -0.39 is 18.7 Å². The third-order valence-corrected chi connectivity index (χ3v) is 4.24. The Kier molecular flexibility index (Phi) is 6.02. The Bertz CT molecular complexity index is 819. The molecule has 28 heavy (non-hydrogen) atoms. The molecule has 0 bridgehead atoms. The van der Waals surface area contributed by atoms with Crippen LogP contribution in [0.15, 0.2) is 24.4 Å². The Labute approximate surface area is 159 Å². The van der Waals surface area contributed by atoms with E-state index in [-0.39, 0.29) is 28.9 Å². The van der Waals surface area contributed by atoms with Crippen LogP contribution in [0.3, 0.4) is 0 Å². The highest BCUT2D eigenvalue weighted by Gasteiger charge is 2.29. The first-order chi connectivity index (χ1) is 13.4. The smallest absolute Gasteiger partial charge is 0.422 e. The van der Waals surface area contributed by atoms with Crippen molar-refractivity contribution in [3.05, 3.63) is 30.1 Å². The third kappa shape index (κ3) is 5.12. The van der Waals surface area contributed by atoms with E-state index in [1.165, 1.54) is 25.3 Å². The van der Waals surface area contributed by atoms with Gasteiger partial charge in [-0.2, -0.15) is 13.2 Å². The van der Waals surface area contributed by atoms with E-state index in [4.69, 9.17) is 9.47 Å². The van der Waals surface area contributed by atoms with Gasteiger partial charge in [-0.3, -0.25) is 4.79 Å². The quantitative estimate of drug-likeness (QED) is 0.775. The molecule has 0 aliphatic carbocycles. The van der Waals surface area contributed by atoms with Crippen LogP contribution in [0.2, 0.25) is 0 Å². The van der Waals surface area contributed by atoms with E-state index in [9.17, 15) is 18.0 Å². The molecular formula is C17H20F3N5O3. The van der Waals surface area contributed by atoms with Crippen molar-refractivity contribution in [3.8, 4) is 11.5 Å². The fourth-order valence-electron chi connectivity index (χ4n) is 2.85. The number of rotatable bonds is 6. The molecule has 2 aromatic rings. The van der Waals surface area contributed by atoms with Gasteiger partial charge in [0.1, 0.15) is 0 Å². The molecule has 1 saturated heterocycles. The number of methoxy groups -OCH3 is 1. The highest BCUT2D eigenvalue weighted by molar-refractivity contribution is 6.02. The van der Waals surface area contributed by atoms with Gasteiger partial charge in [0.05, 0.1) is 19.3 Å². The van der Waals surface area contributed by atoms with Crippen LogP contribution in [0.1, 0.15) is 29.4 Å². The Morgan fingerprint density at radius 3 is 2.75 bits per heavy atom. The van der Waals surface area contributed by atoms with E-state index in [1.54, 1.807) is 10.9 Å². The highest BCUT2D eigenvalue weighted by atomic mass is 19.4. The topological polar surface area (TPSA) is 90.3 Å². The Balaban J connectivity index is 1.68. The van der Waals surface area contributed by atoms with Crippen molar-refractivity contribution in [2.75, 3.05) is 32.1 Å². The molecule has 0 spiro atoms. The normalized spacial score (nSPS) is 15.3. The second kappa shape index (κ2) is 8.46. The van der Waals surface area contributed by atoms with E-state index in [0.29, 0.717) is 0 Å². The molecule has 0 unspecified atom stereocenters. The molecule has 11 heteroatoms. The van der Waals surface area contributed by atoms with Gasteiger partial charge in [-0.05, 0) is 38.1 Å². The van der Waals surface area contributed by atoms with Crippen LogP contribution in [0, 0.1) is 0 Å². The molecule has 0 atom stereocenters. The van der Waals surface area contributed by atoms with Crippen molar-refractivity contribution < 1.29 is 27.4 Å². The van der Waals surface area contributed by atoms with Gasteiger partial charge in [-0.1, -0.05) is 5.21 Å². The number of aromatic nitrogens is 3. The first kappa shape index (κ1) is 19.9. The molecule has 2 N–H and O–H groups in total. The predicted molar refractivity (Wildman–Crippen MR) is 93.7 cm³/mol. The number of nitrogens with zero attached hydrogens (tertiary/aromatic N) is 3. The standard InChI is InChI=1S/C17H20F3N5O3/c1-27-14-3-2-11(8-15(14)28-10-17(18,19)20)22-16(26)13-9-25(24-23-13)12-4-6-21-7-5-12/h2-3,8-9,12,21H,4-7,10H2,1H3,(H,22,26). The number of carbonyl (C=O) groups is 1. The van der Waals surface area contributed by atoms with Gasteiger partial charge in [0.25, 0.3) is 5.91 Å². The lowest BCUT2D eigenvalue weighted by Crippen LogP contribution is -2.29. The summed E-state index contributed by atoms with van der Waals surface area (Å²) in [5.41, 5.74) is 0.367. The minimum atomic E-state index is -4.49. The highest BCUT2D eigenvalue weighted by Crippen LogP contribution is 2.31. The van der Waals surface area contributed by atoms with Crippen LogP contribution in [-0.4, -0.2) is 53.9 Å². The molecule has 1 aliphatic rings. The molecule has 1 aliphatic heterocycles. The summed E-state index contributed by atoms with van der Waals surface area (Å²) >= 11 is 0. The van der Waals surface area contributed by atoms with E-state index in [1.807, 2.05) is 0 Å². The molecule has 1 aromatic heterocycles. The maximum atomic E-state index is 12.4. The monoisotopic (exact) mass is 399 g/mol. The summed E-state index contributed by atoms with van der Waals surface area (Å²) < 4.78 is 48.6. The molecular weight excluding hydrogens is 379 g/mol. The van der Waals surface area contributed by atoms with Crippen LogP contribution in [-0.2, 0) is 0 Å². The van der Waals surface area contributed by atoms with Gasteiger partial charge in [0.15, 0.2) is 23.8 Å². The zero-order chi connectivity index (χ0) is 20.1. The Hall–Kier alpha value is -2.82. The summed E-state index contributed by atoms with van der Waals surface area (Å²) in [6.07, 6.45) is -1.14. The summed E-state index contributed by atoms with van der Waals surface area (Å²) in [4.78, 5) is 12.4. The number of amides is 1. The van der Waals surface area contributed by atoms with Crippen molar-refractivity contribution in [1.29, 1.82) is 0 Å². The largest absolute Gasteiger partial charge is 0.493 e. The van der Waals surface area contributed by atoms with Crippen molar-refractivity contribution in [3.63, 3.8) is 0 Å². The molecule has 152 valence electrons. The first-order valence-electron chi connectivity index (χ1n) is 8.67. The molecule has 0 saturated carbocycles. The van der Waals surface area contributed by atoms with Crippen LogP contribution in [0.25, 0.3) is 0 Å². The number of ether oxygens (including phenoxy) is 2. The van der Waals surface area contributed by atoms with E-state index in [2.05, 4.69) is 20.9 Å². The summed E-state index contributed by atoms with van der Waals surface area (Å²) in [5, 5.41) is 13.7. The average molecular weight is 399 g/mol. The van der Waals surface area contributed by atoms with Crippen LogP contribution >= 0.6 is 0 Å². The van der Waals surface area contributed by atoms with Crippen molar-refractivity contribution in [2.45, 2.75) is 25.1 Å². The van der Waals surface area contributed by atoms with Gasteiger partial charge in [0, 0.05) is 11.8 Å². The molecule has 0 radical (unpaired) electrons. The third-order valence-electron chi connectivity index (χ3n) is 4.24. The van der Waals surface area contributed by atoms with E-state index in [0.717, 1.165) is 25.9 Å². The Morgan fingerprint density at radius 2 is 2.07 bits per heavy atom. The van der Waals surface area contributed by atoms with Crippen LogP contribution in [0.4, 0.5) is 18.9 Å². The number of hydrogen-bond donors (Lipinski definition) is 2. The molecule has 8 nitrogen and oxygen atoms in total. The number of hydrogen-bond acceptors (Lipinski definition) is 6. The second-order valence-electron chi connectivity index (χ2n) is 6.29. The van der Waals surface area contributed by atoms with Gasteiger partial charge >= 0.3 is 6.18 Å². The second-order valence-corrected chi connectivity index (χ2v) is 6.29. The number of halogens is 3. The maximum absolute atomic E-state index is 12.4. The lowest BCUT2D eigenvalue weighted by Gasteiger charge is -2.22. The number of nitrogens with one attached hydrogen (secondary N) is 2. The fourth-order valence-corrected chi connectivity index (χ4v) is 2.85. The molecule has 3 rings (SSSR count). The lowest BCUT2D eigenvalue weighted by atomic mass is 10.1. The van der Waals surface area contributed by atoms with Gasteiger partial charge in [-0.15, -0.1) is 5.10 Å². The first-order valence-corrected chi connectivity index (χ1v) is 8.67. The van der Waals surface area contributed by atoms with Gasteiger partial charge in [0.2, 0.25) is 0 Å². The number of carbonyl (C=O) groups excluding carboxylic acids is 1. The number of benzene rings is 1. The van der Waals surface area contributed by atoms with Crippen molar-refractivity contribution in [2.24, 2.45) is 0 Å². The van der Waals surface area contributed by atoms with Gasteiger partial charge in [-0.25, -0.2) is 4.68 Å². The zero-order valence-corrected chi connectivity index (χ0v) is 15.1. The maximum Gasteiger partial charge on any atom is 0.422 e. The molecule has 1 aromatic carbocycles. The summed E-state index contributed by atoms with van der Waals surface area (Å²) in [5.74, 6) is -0.526. The summed E-state index contributed by atoms with van der Waals surface area (Å²) in [6.45, 7) is 0.280. The number of alkyl halides is 3. The molecule has 1 amide bonds. The van der Waals surface area contributed by atoms with E-state index >= 15 is 0 Å². The van der Waals surface area contributed by atoms with Crippen molar-refractivity contribution in [1.82, 2.24) is 20.3 Å². The SMILES string of the molecule is COc1ccc(NC(=O)c2cn(C3CCNCC3)nn2)cc1OCC(F)(F)F. The lowest BCUT2D eigenvalue weighted by molar-refractivity contribution is -0.153. The van der Waals surface area contributed by atoms with Crippen LogP contribution < -0.4 is 20.1 Å². The van der Waals surface area contributed by atoms with Gasteiger partial charge < -0.3 is 20.1 Å². The number of piperidine rings is 1.